The molecule has 0 spiro atoms. The van der Waals surface area contributed by atoms with Gasteiger partial charge in [0.1, 0.15) is 11.6 Å². The zero-order chi connectivity index (χ0) is 10.6. The van der Waals surface area contributed by atoms with Gasteiger partial charge in [0.05, 0.1) is 0 Å². The highest BCUT2D eigenvalue weighted by Crippen LogP contribution is 2.52. The predicted molar refractivity (Wildman–Crippen MR) is 53.7 cm³/mol. The number of fused-ring (bicyclic) bond motifs is 1. The first kappa shape index (κ1) is 9.88. The molecule has 14 heavy (non-hydrogen) atoms. The van der Waals surface area contributed by atoms with Crippen LogP contribution in [0.5, 0.6) is 0 Å². The number of rotatable bonds is 0. The lowest BCUT2D eigenvalue weighted by atomic mass is 9.84. The molecule has 4 unspecified atom stereocenters. The van der Waals surface area contributed by atoms with E-state index in [0.717, 1.165) is 0 Å². The maximum absolute atomic E-state index is 11.8. The SMILES string of the molecule is CC1C(=O)C(C)C2C(C)C(=O)C(C)C12. The van der Waals surface area contributed by atoms with Crippen LogP contribution in [-0.2, 0) is 9.59 Å². The summed E-state index contributed by atoms with van der Waals surface area (Å²) in [5.74, 6) is 1.76. The molecule has 2 aliphatic carbocycles. The molecule has 0 aromatic rings. The van der Waals surface area contributed by atoms with Gasteiger partial charge in [0, 0.05) is 23.7 Å². The molecule has 2 nitrogen and oxygen atoms in total. The number of Topliss-reactive ketones (excluding diaryl/α,β-unsaturated/α-hetero) is 2. The number of hydrogen-bond donors (Lipinski definition) is 0. The summed E-state index contributed by atoms with van der Waals surface area (Å²) in [5.41, 5.74) is 0. The third-order valence-electron chi connectivity index (χ3n) is 4.55. The van der Waals surface area contributed by atoms with Crippen LogP contribution < -0.4 is 0 Å². The molecular formula is C12H18O2. The molecular weight excluding hydrogens is 176 g/mol. The molecule has 0 radical (unpaired) electrons. The van der Waals surface area contributed by atoms with Gasteiger partial charge < -0.3 is 0 Å². The Labute approximate surface area is 85.1 Å². The number of ketones is 2. The van der Waals surface area contributed by atoms with Crippen LogP contribution in [0.3, 0.4) is 0 Å². The molecule has 0 N–H and O–H groups in total. The van der Waals surface area contributed by atoms with E-state index in [-0.39, 0.29) is 23.7 Å². The Morgan fingerprint density at radius 2 is 0.857 bits per heavy atom. The maximum Gasteiger partial charge on any atom is 0.139 e. The Hall–Kier alpha value is -0.660. The van der Waals surface area contributed by atoms with Crippen LogP contribution in [0.25, 0.3) is 0 Å². The Morgan fingerprint density at radius 1 is 0.643 bits per heavy atom. The molecule has 2 rings (SSSR count). The van der Waals surface area contributed by atoms with Crippen molar-refractivity contribution >= 4 is 11.6 Å². The van der Waals surface area contributed by atoms with E-state index < -0.39 is 0 Å². The molecule has 0 amide bonds. The average molecular weight is 194 g/mol. The first-order chi connectivity index (χ1) is 6.46. The van der Waals surface area contributed by atoms with E-state index in [9.17, 15) is 9.59 Å². The first-order valence-corrected chi connectivity index (χ1v) is 5.54. The summed E-state index contributed by atoms with van der Waals surface area (Å²) < 4.78 is 0. The van der Waals surface area contributed by atoms with Gasteiger partial charge >= 0.3 is 0 Å². The summed E-state index contributed by atoms with van der Waals surface area (Å²) >= 11 is 0. The predicted octanol–water partition coefficient (Wildman–Crippen LogP) is 1.93. The quantitative estimate of drug-likeness (QED) is 0.590. The van der Waals surface area contributed by atoms with Crippen molar-refractivity contribution in [1.82, 2.24) is 0 Å². The third-order valence-corrected chi connectivity index (χ3v) is 4.55. The lowest BCUT2D eigenvalue weighted by Crippen LogP contribution is -2.22. The highest BCUT2D eigenvalue weighted by Gasteiger charge is 2.57. The summed E-state index contributed by atoms with van der Waals surface area (Å²) in [5, 5.41) is 0. The van der Waals surface area contributed by atoms with Crippen molar-refractivity contribution in [1.29, 1.82) is 0 Å². The Morgan fingerprint density at radius 3 is 1.07 bits per heavy atom. The van der Waals surface area contributed by atoms with E-state index in [1.807, 2.05) is 27.7 Å². The molecule has 0 aromatic carbocycles. The van der Waals surface area contributed by atoms with E-state index in [4.69, 9.17) is 0 Å². The smallest absolute Gasteiger partial charge is 0.139 e. The van der Waals surface area contributed by atoms with E-state index in [1.165, 1.54) is 0 Å². The lowest BCUT2D eigenvalue weighted by molar-refractivity contribution is -0.127. The van der Waals surface area contributed by atoms with Gasteiger partial charge in [0.2, 0.25) is 0 Å². The van der Waals surface area contributed by atoms with Crippen molar-refractivity contribution in [3.8, 4) is 0 Å². The minimum absolute atomic E-state index is 0.0962. The fourth-order valence-corrected chi connectivity index (χ4v) is 3.79. The van der Waals surface area contributed by atoms with E-state index >= 15 is 0 Å². The normalized spacial score (nSPS) is 52.6. The highest BCUT2D eigenvalue weighted by atomic mass is 16.1. The van der Waals surface area contributed by atoms with Gasteiger partial charge in [0.25, 0.3) is 0 Å². The van der Waals surface area contributed by atoms with Crippen LogP contribution in [0.15, 0.2) is 0 Å². The molecule has 2 aliphatic rings. The number of hydrogen-bond acceptors (Lipinski definition) is 2. The summed E-state index contributed by atoms with van der Waals surface area (Å²) in [6.45, 7) is 7.97. The van der Waals surface area contributed by atoms with Crippen molar-refractivity contribution in [2.75, 3.05) is 0 Å². The number of carbonyl (C=O) groups excluding carboxylic acids is 2. The van der Waals surface area contributed by atoms with Crippen molar-refractivity contribution in [2.24, 2.45) is 35.5 Å². The van der Waals surface area contributed by atoms with Crippen LogP contribution in [-0.4, -0.2) is 11.6 Å². The zero-order valence-electron chi connectivity index (χ0n) is 9.28. The Bertz CT molecular complexity index is 241. The second-order valence-electron chi connectivity index (χ2n) is 5.11. The first-order valence-electron chi connectivity index (χ1n) is 5.54. The second-order valence-corrected chi connectivity index (χ2v) is 5.11. The number of carbonyl (C=O) groups is 2. The van der Waals surface area contributed by atoms with Gasteiger partial charge in [-0.2, -0.15) is 0 Å². The fourth-order valence-electron chi connectivity index (χ4n) is 3.79. The highest BCUT2D eigenvalue weighted by molar-refractivity contribution is 5.93. The second kappa shape index (κ2) is 2.91. The summed E-state index contributed by atoms with van der Waals surface area (Å²) in [6.07, 6.45) is 0. The molecule has 2 heteroatoms. The third kappa shape index (κ3) is 0.971. The molecule has 0 aliphatic heterocycles. The van der Waals surface area contributed by atoms with Crippen molar-refractivity contribution in [2.45, 2.75) is 27.7 Å². The van der Waals surface area contributed by atoms with E-state index in [2.05, 4.69) is 0 Å². The molecule has 4 atom stereocenters. The van der Waals surface area contributed by atoms with Crippen LogP contribution in [0.2, 0.25) is 0 Å². The summed E-state index contributed by atoms with van der Waals surface area (Å²) in [4.78, 5) is 23.6. The monoisotopic (exact) mass is 194 g/mol. The largest absolute Gasteiger partial charge is 0.299 e. The molecule has 0 saturated heterocycles. The molecule has 0 bridgehead atoms. The Balaban J connectivity index is 2.39. The average Bonchev–Trinajstić information content (AvgIpc) is 2.51. The molecule has 0 aromatic heterocycles. The maximum atomic E-state index is 11.8. The fraction of sp³-hybridized carbons (Fsp3) is 0.833. The minimum Gasteiger partial charge on any atom is -0.299 e. The molecule has 2 fully saturated rings. The topological polar surface area (TPSA) is 34.1 Å². The van der Waals surface area contributed by atoms with Gasteiger partial charge in [-0.05, 0) is 11.8 Å². The van der Waals surface area contributed by atoms with Crippen LogP contribution in [0.1, 0.15) is 27.7 Å². The van der Waals surface area contributed by atoms with Crippen molar-refractivity contribution < 1.29 is 9.59 Å². The molecule has 0 heterocycles. The van der Waals surface area contributed by atoms with Gasteiger partial charge in [-0.15, -0.1) is 0 Å². The van der Waals surface area contributed by atoms with Crippen LogP contribution in [0, 0.1) is 35.5 Å². The van der Waals surface area contributed by atoms with Gasteiger partial charge in [0.15, 0.2) is 0 Å². The van der Waals surface area contributed by atoms with Gasteiger partial charge in [-0.3, -0.25) is 9.59 Å². The standard InChI is InChI=1S/C12H18O2/c1-5-9-6(2)12(14)8(4)10(9)7(3)11(5)13/h5-10H,1-4H3. The Kier molecular flexibility index (Phi) is 2.06. The minimum atomic E-state index is 0.0962. The van der Waals surface area contributed by atoms with E-state index in [1.54, 1.807) is 0 Å². The van der Waals surface area contributed by atoms with E-state index in [0.29, 0.717) is 23.4 Å². The van der Waals surface area contributed by atoms with Gasteiger partial charge in [-0.1, -0.05) is 27.7 Å². The van der Waals surface area contributed by atoms with Crippen LogP contribution >= 0.6 is 0 Å². The summed E-state index contributed by atoms with van der Waals surface area (Å²) in [7, 11) is 0. The van der Waals surface area contributed by atoms with Crippen molar-refractivity contribution in [3.05, 3.63) is 0 Å². The molecule has 2 saturated carbocycles. The lowest BCUT2D eigenvalue weighted by Gasteiger charge is -2.18. The van der Waals surface area contributed by atoms with Crippen LogP contribution in [0.4, 0.5) is 0 Å². The zero-order valence-corrected chi connectivity index (χ0v) is 9.28. The van der Waals surface area contributed by atoms with Crippen molar-refractivity contribution in [3.63, 3.8) is 0 Å². The summed E-state index contributed by atoms with van der Waals surface area (Å²) in [6, 6.07) is 0. The van der Waals surface area contributed by atoms with Gasteiger partial charge in [-0.25, -0.2) is 0 Å². The molecule has 78 valence electrons.